The summed E-state index contributed by atoms with van der Waals surface area (Å²) in [6.45, 7) is 5.76. The number of nitrogens with zero attached hydrogens (tertiary/aromatic N) is 3. The van der Waals surface area contributed by atoms with E-state index in [-0.39, 0.29) is 11.8 Å². The quantitative estimate of drug-likeness (QED) is 0.894. The Morgan fingerprint density at radius 1 is 1.00 bits per heavy atom. The number of piperazine rings is 1. The first-order chi connectivity index (χ1) is 12.6. The minimum atomic E-state index is -0.0584. The summed E-state index contributed by atoms with van der Waals surface area (Å²) in [6, 6.07) is 11.5. The van der Waals surface area contributed by atoms with Crippen molar-refractivity contribution in [2.75, 3.05) is 38.0 Å². The molecule has 136 valence electrons. The second-order valence-corrected chi connectivity index (χ2v) is 6.50. The summed E-state index contributed by atoms with van der Waals surface area (Å²) < 4.78 is 0. The van der Waals surface area contributed by atoms with E-state index in [1.807, 2.05) is 17.0 Å². The minimum Gasteiger partial charge on any atom is -0.336 e. The van der Waals surface area contributed by atoms with Crippen LogP contribution in [0.3, 0.4) is 0 Å². The summed E-state index contributed by atoms with van der Waals surface area (Å²) in [5, 5.41) is 2.78. The first kappa shape index (κ1) is 18.1. The Labute approximate surface area is 153 Å². The van der Waals surface area contributed by atoms with Crippen LogP contribution < -0.4 is 5.32 Å². The molecule has 26 heavy (non-hydrogen) atoms. The molecule has 0 spiro atoms. The molecule has 1 aliphatic heterocycles. The van der Waals surface area contributed by atoms with E-state index in [2.05, 4.69) is 27.3 Å². The molecule has 6 heteroatoms. The third-order valence-electron chi connectivity index (χ3n) is 4.58. The molecule has 1 fully saturated rings. The van der Waals surface area contributed by atoms with Crippen LogP contribution in [0.15, 0.2) is 48.8 Å². The summed E-state index contributed by atoms with van der Waals surface area (Å²) in [6.07, 6.45) is 4.26. The SMILES string of the molecule is CC(=O)Nc1ccc(CCN2CCN(C(=O)c3ccncc3)CC2)cc1. The van der Waals surface area contributed by atoms with Crippen LogP contribution in [0.4, 0.5) is 5.69 Å². The number of hydrogen-bond acceptors (Lipinski definition) is 4. The molecule has 1 aromatic carbocycles. The molecular formula is C20H24N4O2. The normalized spacial score (nSPS) is 14.9. The van der Waals surface area contributed by atoms with E-state index >= 15 is 0 Å². The Hall–Kier alpha value is -2.73. The fourth-order valence-corrected chi connectivity index (χ4v) is 3.10. The van der Waals surface area contributed by atoms with Crippen molar-refractivity contribution in [3.8, 4) is 0 Å². The molecule has 0 unspecified atom stereocenters. The lowest BCUT2D eigenvalue weighted by Gasteiger charge is -2.34. The average molecular weight is 352 g/mol. The van der Waals surface area contributed by atoms with Gasteiger partial charge in [-0.25, -0.2) is 0 Å². The van der Waals surface area contributed by atoms with Gasteiger partial charge in [0.15, 0.2) is 0 Å². The van der Waals surface area contributed by atoms with Crippen molar-refractivity contribution in [2.45, 2.75) is 13.3 Å². The lowest BCUT2D eigenvalue weighted by molar-refractivity contribution is -0.114. The number of carbonyl (C=O) groups is 2. The molecule has 1 N–H and O–H groups in total. The highest BCUT2D eigenvalue weighted by molar-refractivity contribution is 5.94. The van der Waals surface area contributed by atoms with Crippen molar-refractivity contribution in [1.29, 1.82) is 0 Å². The van der Waals surface area contributed by atoms with Gasteiger partial charge in [0.1, 0.15) is 0 Å². The number of carbonyl (C=O) groups excluding carboxylic acids is 2. The summed E-state index contributed by atoms with van der Waals surface area (Å²) in [5.74, 6) is 0.0255. The molecule has 3 rings (SSSR count). The predicted octanol–water partition coefficient (Wildman–Crippen LogP) is 2.04. The third-order valence-corrected chi connectivity index (χ3v) is 4.58. The largest absolute Gasteiger partial charge is 0.336 e. The van der Waals surface area contributed by atoms with Crippen LogP contribution in [0.5, 0.6) is 0 Å². The van der Waals surface area contributed by atoms with Gasteiger partial charge in [0, 0.05) is 63.3 Å². The summed E-state index contributed by atoms with van der Waals surface area (Å²) in [7, 11) is 0. The molecule has 1 aromatic heterocycles. The van der Waals surface area contributed by atoms with Crippen molar-refractivity contribution in [3.05, 3.63) is 59.9 Å². The zero-order valence-corrected chi connectivity index (χ0v) is 15.0. The van der Waals surface area contributed by atoms with Gasteiger partial charge in [-0.05, 0) is 36.2 Å². The van der Waals surface area contributed by atoms with Crippen LogP contribution in [0.1, 0.15) is 22.8 Å². The average Bonchev–Trinajstić information content (AvgIpc) is 2.67. The smallest absolute Gasteiger partial charge is 0.254 e. The Morgan fingerprint density at radius 3 is 2.27 bits per heavy atom. The van der Waals surface area contributed by atoms with Gasteiger partial charge in [0.25, 0.3) is 5.91 Å². The number of anilines is 1. The molecule has 1 aliphatic rings. The topological polar surface area (TPSA) is 65.5 Å². The van der Waals surface area contributed by atoms with Crippen molar-refractivity contribution in [2.24, 2.45) is 0 Å². The van der Waals surface area contributed by atoms with Crippen molar-refractivity contribution in [1.82, 2.24) is 14.8 Å². The number of benzene rings is 1. The van der Waals surface area contributed by atoms with Gasteiger partial charge < -0.3 is 10.2 Å². The zero-order valence-electron chi connectivity index (χ0n) is 15.0. The maximum atomic E-state index is 12.4. The van der Waals surface area contributed by atoms with E-state index in [1.165, 1.54) is 12.5 Å². The Bertz CT molecular complexity index is 738. The highest BCUT2D eigenvalue weighted by atomic mass is 16.2. The summed E-state index contributed by atoms with van der Waals surface area (Å²) in [5.41, 5.74) is 2.77. The second kappa shape index (κ2) is 8.58. The van der Waals surface area contributed by atoms with E-state index in [4.69, 9.17) is 0 Å². The second-order valence-electron chi connectivity index (χ2n) is 6.50. The number of nitrogens with one attached hydrogen (secondary N) is 1. The molecule has 0 aliphatic carbocycles. The van der Waals surface area contributed by atoms with Crippen LogP contribution in [0, 0.1) is 0 Å². The number of hydrogen-bond donors (Lipinski definition) is 1. The zero-order chi connectivity index (χ0) is 18.4. The van der Waals surface area contributed by atoms with Crippen molar-refractivity contribution in [3.63, 3.8) is 0 Å². The van der Waals surface area contributed by atoms with E-state index in [9.17, 15) is 9.59 Å². The fraction of sp³-hybridized carbons (Fsp3) is 0.350. The van der Waals surface area contributed by atoms with Gasteiger partial charge in [0.2, 0.25) is 5.91 Å². The van der Waals surface area contributed by atoms with Gasteiger partial charge in [-0.1, -0.05) is 12.1 Å². The minimum absolute atomic E-state index is 0.0584. The summed E-state index contributed by atoms with van der Waals surface area (Å²) in [4.78, 5) is 31.7. The monoisotopic (exact) mass is 352 g/mol. The number of rotatable bonds is 5. The number of amides is 2. The van der Waals surface area contributed by atoms with Gasteiger partial charge in [-0.3, -0.25) is 19.5 Å². The molecule has 0 radical (unpaired) electrons. The Kier molecular flexibility index (Phi) is 5.96. The van der Waals surface area contributed by atoms with Crippen LogP contribution in [0.25, 0.3) is 0 Å². The van der Waals surface area contributed by atoms with Crippen molar-refractivity contribution >= 4 is 17.5 Å². The van der Waals surface area contributed by atoms with E-state index in [1.54, 1.807) is 24.5 Å². The lowest BCUT2D eigenvalue weighted by atomic mass is 10.1. The van der Waals surface area contributed by atoms with E-state index in [0.29, 0.717) is 5.56 Å². The van der Waals surface area contributed by atoms with Gasteiger partial charge in [0.05, 0.1) is 0 Å². The molecule has 2 aromatic rings. The number of aromatic nitrogens is 1. The van der Waals surface area contributed by atoms with Crippen LogP contribution >= 0.6 is 0 Å². The molecular weight excluding hydrogens is 328 g/mol. The Morgan fingerprint density at radius 2 is 1.65 bits per heavy atom. The molecule has 2 heterocycles. The first-order valence-corrected chi connectivity index (χ1v) is 8.90. The van der Waals surface area contributed by atoms with Gasteiger partial charge in [-0.2, -0.15) is 0 Å². The van der Waals surface area contributed by atoms with E-state index in [0.717, 1.165) is 44.8 Å². The molecule has 6 nitrogen and oxygen atoms in total. The maximum Gasteiger partial charge on any atom is 0.254 e. The van der Waals surface area contributed by atoms with E-state index < -0.39 is 0 Å². The van der Waals surface area contributed by atoms with Gasteiger partial charge >= 0.3 is 0 Å². The van der Waals surface area contributed by atoms with Crippen LogP contribution in [0.2, 0.25) is 0 Å². The van der Waals surface area contributed by atoms with Gasteiger partial charge in [-0.15, -0.1) is 0 Å². The third kappa shape index (κ3) is 4.89. The molecule has 2 amide bonds. The predicted molar refractivity (Wildman–Crippen MR) is 101 cm³/mol. The van der Waals surface area contributed by atoms with Crippen LogP contribution in [-0.4, -0.2) is 59.3 Å². The molecule has 1 saturated heterocycles. The first-order valence-electron chi connectivity index (χ1n) is 8.90. The Balaban J connectivity index is 1.44. The highest BCUT2D eigenvalue weighted by Crippen LogP contribution is 2.12. The standard InChI is InChI=1S/C20H24N4O2/c1-16(25)22-19-4-2-17(3-5-19)8-11-23-12-14-24(15-13-23)20(26)18-6-9-21-10-7-18/h2-7,9-10H,8,11-15H2,1H3,(H,22,25). The van der Waals surface area contributed by atoms with Crippen LogP contribution in [-0.2, 0) is 11.2 Å². The molecule has 0 saturated carbocycles. The summed E-state index contributed by atoms with van der Waals surface area (Å²) >= 11 is 0. The highest BCUT2D eigenvalue weighted by Gasteiger charge is 2.21. The fourth-order valence-electron chi connectivity index (χ4n) is 3.10. The van der Waals surface area contributed by atoms with Crippen molar-refractivity contribution < 1.29 is 9.59 Å². The lowest BCUT2D eigenvalue weighted by Crippen LogP contribution is -2.49. The molecule has 0 atom stereocenters. The maximum absolute atomic E-state index is 12.4. The molecule has 0 bridgehead atoms. The number of pyridine rings is 1.